The maximum atomic E-state index is 12.3. The number of hydrogen-bond acceptors (Lipinski definition) is 6. The summed E-state index contributed by atoms with van der Waals surface area (Å²) < 4.78 is 0. The summed E-state index contributed by atoms with van der Waals surface area (Å²) in [6.45, 7) is 8.35. The molecule has 0 spiro atoms. The lowest BCUT2D eigenvalue weighted by atomic mass is 10.1. The second-order valence-electron chi connectivity index (χ2n) is 6.04. The van der Waals surface area contributed by atoms with Gasteiger partial charge in [-0.15, -0.1) is 10.2 Å². The van der Waals surface area contributed by atoms with Gasteiger partial charge < -0.3 is 0 Å². The first-order valence-electron chi connectivity index (χ1n) is 8.52. The Kier molecular flexibility index (Phi) is 5.50. The van der Waals surface area contributed by atoms with Crippen LogP contribution in [-0.4, -0.2) is 45.5 Å². The summed E-state index contributed by atoms with van der Waals surface area (Å²) in [5, 5.41) is 12.3. The molecule has 0 aliphatic rings. The van der Waals surface area contributed by atoms with Crippen LogP contribution in [0.2, 0.25) is 0 Å². The fourth-order valence-electron chi connectivity index (χ4n) is 2.78. The van der Waals surface area contributed by atoms with Crippen LogP contribution in [-0.2, 0) is 11.2 Å². The molecule has 0 radical (unpaired) electrons. The number of Topliss-reactive ketones (excluding diaryl/α,β-unsaturated/α-hetero) is 1. The van der Waals surface area contributed by atoms with E-state index in [0.29, 0.717) is 13.0 Å². The highest BCUT2D eigenvalue weighted by Crippen LogP contribution is 2.26. The minimum atomic E-state index is 0.200. The SMILES string of the molecule is CCN(CC)CC(=O)Cc1cc2cc(-c3nnc(C)s3)ccc2cn1. The van der Waals surface area contributed by atoms with Crippen LogP contribution in [0.1, 0.15) is 24.5 Å². The lowest BCUT2D eigenvalue weighted by Crippen LogP contribution is -2.30. The molecule has 130 valence electrons. The summed E-state index contributed by atoms with van der Waals surface area (Å²) in [6, 6.07) is 8.17. The lowest BCUT2D eigenvalue weighted by molar-refractivity contribution is -0.119. The molecule has 2 aromatic heterocycles. The maximum Gasteiger partial charge on any atom is 0.152 e. The molecule has 0 aliphatic carbocycles. The predicted molar refractivity (Wildman–Crippen MR) is 102 cm³/mol. The summed E-state index contributed by atoms with van der Waals surface area (Å²) in [7, 11) is 0. The Balaban J connectivity index is 1.82. The summed E-state index contributed by atoms with van der Waals surface area (Å²) >= 11 is 1.58. The van der Waals surface area contributed by atoms with Crippen molar-refractivity contribution in [3.8, 4) is 10.6 Å². The van der Waals surface area contributed by atoms with Gasteiger partial charge in [-0.3, -0.25) is 14.7 Å². The van der Waals surface area contributed by atoms with Crippen LogP contribution in [0, 0.1) is 6.92 Å². The average Bonchev–Trinajstić information content (AvgIpc) is 3.05. The van der Waals surface area contributed by atoms with Crippen LogP contribution < -0.4 is 0 Å². The minimum absolute atomic E-state index is 0.200. The van der Waals surface area contributed by atoms with Crippen molar-refractivity contribution in [1.29, 1.82) is 0 Å². The van der Waals surface area contributed by atoms with Crippen molar-refractivity contribution >= 4 is 27.9 Å². The van der Waals surface area contributed by atoms with Crippen LogP contribution in [0.25, 0.3) is 21.3 Å². The van der Waals surface area contributed by atoms with Gasteiger partial charge >= 0.3 is 0 Å². The van der Waals surface area contributed by atoms with Gasteiger partial charge in [-0.05, 0) is 37.5 Å². The van der Waals surface area contributed by atoms with E-state index in [1.54, 1.807) is 11.3 Å². The molecule has 0 N–H and O–H groups in total. The molecule has 0 fully saturated rings. The van der Waals surface area contributed by atoms with Gasteiger partial charge in [-0.2, -0.15) is 0 Å². The number of nitrogens with zero attached hydrogens (tertiary/aromatic N) is 4. The van der Waals surface area contributed by atoms with Crippen molar-refractivity contribution in [1.82, 2.24) is 20.1 Å². The predicted octanol–water partition coefficient (Wildman–Crippen LogP) is 3.52. The molecule has 3 rings (SSSR count). The van der Waals surface area contributed by atoms with Gasteiger partial charge in [0.2, 0.25) is 0 Å². The molecule has 0 saturated heterocycles. The molecular formula is C19H22N4OS. The lowest BCUT2D eigenvalue weighted by Gasteiger charge is -2.16. The quantitative estimate of drug-likeness (QED) is 0.650. The highest BCUT2D eigenvalue weighted by molar-refractivity contribution is 7.14. The zero-order chi connectivity index (χ0) is 17.8. The normalized spacial score (nSPS) is 11.4. The van der Waals surface area contributed by atoms with Crippen molar-refractivity contribution in [2.45, 2.75) is 27.2 Å². The number of benzene rings is 1. The third kappa shape index (κ3) is 4.27. The van der Waals surface area contributed by atoms with E-state index in [4.69, 9.17) is 0 Å². The van der Waals surface area contributed by atoms with Crippen molar-refractivity contribution in [2.24, 2.45) is 0 Å². The number of aromatic nitrogens is 3. The molecule has 0 aliphatic heterocycles. The fraction of sp³-hybridized carbons (Fsp3) is 0.368. The first kappa shape index (κ1) is 17.6. The number of fused-ring (bicyclic) bond motifs is 1. The van der Waals surface area contributed by atoms with Gasteiger partial charge in [0.15, 0.2) is 5.78 Å². The average molecular weight is 354 g/mol. The Morgan fingerprint density at radius 3 is 2.60 bits per heavy atom. The largest absolute Gasteiger partial charge is 0.298 e. The van der Waals surface area contributed by atoms with Crippen molar-refractivity contribution < 1.29 is 4.79 Å². The van der Waals surface area contributed by atoms with E-state index >= 15 is 0 Å². The van der Waals surface area contributed by atoms with Crippen LogP contribution in [0.3, 0.4) is 0 Å². The summed E-state index contributed by atoms with van der Waals surface area (Å²) in [5.41, 5.74) is 1.86. The zero-order valence-corrected chi connectivity index (χ0v) is 15.6. The number of carbonyl (C=O) groups excluding carboxylic acids is 1. The molecule has 0 saturated carbocycles. The second kappa shape index (κ2) is 7.80. The number of hydrogen-bond donors (Lipinski definition) is 0. The third-order valence-electron chi connectivity index (χ3n) is 4.22. The zero-order valence-electron chi connectivity index (χ0n) is 14.8. The number of ketones is 1. The third-order valence-corrected chi connectivity index (χ3v) is 5.11. The van der Waals surface area contributed by atoms with Gasteiger partial charge in [0.1, 0.15) is 10.0 Å². The molecule has 6 heteroatoms. The van der Waals surface area contributed by atoms with Crippen molar-refractivity contribution in [2.75, 3.05) is 19.6 Å². The second-order valence-corrected chi connectivity index (χ2v) is 7.22. The van der Waals surface area contributed by atoms with Gasteiger partial charge in [0.25, 0.3) is 0 Å². The Labute approximate surface area is 151 Å². The molecule has 5 nitrogen and oxygen atoms in total. The number of likely N-dealkylation sites (N-methyl/N-ethyl adjacent to an activating group) is 1. The van der Waals surface area contributed by atoms with Crippen LogP contribution in [0.5, 0.6) is 0 Å². The summed E-state index contributed by atoms with van der Waals surface area (Å²) in [5.74, 6) is 0.200. The topological polar surface area (TPSA) is 59.0 Å². The van der Waals surface area contributed by atoms with Gasteiger partial charge in [0, 0.05) is 22.8 Å². The fourth-order valence-corrected chi connectivity index (χ4v) is 3.47. The van der Waals surface area contributed by atoms with E-state index in [0.717, 1.165) is 45.1 Å². The van der Waals surface area contributed by atoms with E-state index in [1.807, 2.05) is 31.3 Å². The molecular weight excluding hydrogens is 332 g/mol. The van der Waals surface area contributed by atoms with E-state index in [-0.39, 0.29) is 5.78 Å². The highest BCUT2D eigenvalue weighted by atomic mass is 32.1. The first-order valence-corrected chi connectivity index (χ1v) is 9.34. The molecule has 1 aromatic carbocycles. The summed E-state index contributed by atoms with van der Waals surface area (Å²) in [4.78, 5) is 18.8. The van der Waals surface area contributed by atoms with Gasteiger partial charge in [0.05, 0.1) is 13.0 Å². The minimum Gasteiger partial charge on any atom is -0.298 e. The van der Waals surface area contributed by atoms with E-state index in [9.17, 15) is 4.79 Å². The van der Waals surface area contributed by atoms with E-state index in [1.165, 1.54) is 0 Å². The molecule has 25 heavy (non-hydrogen) atoms. The number of carbonyl (C=O) groups is 1. The Morgan fingerprint density at radius 1 is 1.12 bits per heavy atom. The van der Waals surface area contributed by atoms with Crippen molar-refractivity contribution in [3.05, 3.63) is 41.2 Å². The monoisotopic (exact) mass is 354 g/mol. The molecule has 0 unspecified atom stereocenters. The number of rotatable bonds is 7. The molecule has 3 aromatic rings. The number of aryl methyl sites for hydroxylation is 1. The van der Waals surface area contributed by atoms with E-state index < -0.39 is 0 Å². The maximum absolute atomic E-state index is 12.3. The van der Waals surface area contributed by atoms with Crippen molar-refractivity contribution in [3.63, 3.8) is 0 Å². The Morgan fingerprint density at radius 2 is 1.92 bits per heavy atom. The highest BCUT2D eigenvalue weighted by Gasteiger charge is 2.11. The van der Waals surface area contributed by atoms with Crippen LogP contribution in [0.15, 0.2) is 30.5 Å². The van der Waals surface area contributed by atoms with E-state index in [2.05, 4.69) is 40.0 Å². The Hall–Kier alpha value is -2.18. The van der Waals surface area contributed by atoms with Crippen LogP contribution >= 0.6 is 11.3 Å². The molecule has 2 heterocycles. The van der Waals surface area contributed by atoms with Gasteiger partial charge in [-0.25, -0.2) is 0 Å². The van der Waals surface area contributed by atoms with Gasteiger partial charge in [-0.1, -0.05) is 37.3 Å². The van der Waals surface area contributed by atoms with Crippen LogP contribution in [0.4, 0.5) is 0 Å². The molecule has 0 bridgehead atoms. The standard InChI is InChI=1S/C19H22N4OS/c1-4-23(5-2)12-18(24)10-17-9-16-8-14(6-7-15(16)11-20-17)19-22-21-13(3)25-19/h6-9,11H,4-5,10,12H2,1-3H3. The smallest absolute Gasteiger partial charge is 0.152 e. The molecule has 0 amide bonds. The molecule has 0 atom stereocenters. The first-order chi connectivity index (χ1) is 12.1. The summed E-state index contributed by atoms with van der Waals surface area (Å²) in [6.07, 6.45) is 2.21. The number of pyridine rings is 1. The Bertz CT molecular complexity index is 886.